The minimum atomic E-state index is -3.88. The maximum absolute atomic E-state index is 12.4. The fourth-order valence-electron chi connectivity index (χ4n) is 3.32. The molecule has 4 N–H and O–H groups in total. The number of hydrogen-bond donors (Lipinski definition) is 3. The highest BCUT2D eigenvalue weighted by atomic mass is 127. The average molecular weight is 568 g/mol. The minimum Gasteiger partial charge on any atom is -0.370 e. The van der Waals surface area contributed by atoms with Gasteiger partial charge in [0, 0.05) is 44.7 Å². The van der Waals surface area contributed by atoms with Crippen molar-refractivity contribution < 1.29 is 18.1 Å². The van der Waals surface area contributed by atoms with Crippen LogP contribution in [0, 0.1) is 16.0 Å². The Morgan fingerprint density at radius 2 is 2.16 bits per heavy atom. The van der Waals surface area contributed by atoms with Crippen LogP contribution in [0.15, 0.2) is 34.2 Å². The third-order valence-corrected chi connectivity index (χ3v) is 6.11. The molecule has 0 radical (unpaired) electrons. The Balaban J connectivity index is 0.00000480. The Morgan fingerprint density at radius 3 is 2.81 bits per heavy atom. The maximum atomic E-state index is 12.4. The van der Waals surface area contributed by atoms with Gasteiger partial charge in [0.1, 0.15) is 0 Å². The highest BCUT2D eigenvalue weighted by molar-refractivity contribution is 14.0. The number of aliphatic imine (C=N–C) groups is 1. The summed E-state index contributed by atoms with van der Waals surface area (Å²) < 4.78 is 27.2. The highest BCUT2D eigenvalue weighted by Gasteiger charge is 2.23. The van der Waals surface area contributed by atoms with Crippen molar-refractivity contribution in [3.8, 4) is 0 Å². The summed E-state index contributed by atoms with van der Waals surface area (Å²) in [6.07, 6.45) is 2.18. The Hall–Kier alpha value is -2.00. The first kappa shape index (κ1) is 27.0. The number of nitrogens with one attached hydrogen (secondary N) is 2. The lowest BCUT2D eigenvalue weighted by Gasteiger charge is -2.34. The van der Waals surface area contributed by atoms with Gasteiger partial charge in [-0.15, -0.1) is 24.0 Å². The van der Waals surface area contributed by atoms with Gasteiger partial charge in [0.25, 0.3) is 5.69 Å². The first-order chi connectivity index (χ1) is 14.2. The van der Waals surface area contributed by atoms with Gasteiger partial charge >= 0.3 is 0 Å². The van der Waals surface area contributed by atoms with Gasteiger partial charge in [0.05, 0.1) is 16.4 Å². The smallest absolute Gasteiger partial charge is 0.270 e. The number of nitrogens with zero attached hydrogens (tertiary/aromatic N) is 3. The van der Waals surface area contributed by atoms with Crippen molar-refractivity contribution in [1.29, 1.82) is 0 Å². The molecule has 0 saturated carbocycles. The lowest BCUT2D eigenvalue weighted by molar-refractivity contribution is -0.385. The quantitative estimate of drug-likeness (QED) is 0.100. The van der Waals surface area contributed by atoms with Crippen molar-refractivity contribution in [2.75, 3.05) is 32.7 Å². The first-order valence-electron chi connectivity index (χ1n) is 9.78. The second kappa shape index (κ2) is 12.8. The SMILES string of the molecule is CCNC(=NCCNS(=O)(=O)c1cccc([N+](=O)[O-])c1)N1CCCC(CC(N)=O)C1.I. The van der Waals surface area contributed by atoms with Crippen LogP contribution in [0.4, 0.5) is 5.69 Å². The normalized spacial score (nSPS) is 17.0. The van der Waals surface area contributed by atoms with Crippen LogP contribution >= 0.6 is 24.0 Å². The number of nitro groups is 1. The molecule has 1 saturated heterocycles. The number of hydrogen-bond acceptors (Lipinski definition) is 6. The van der Waals surface area contributed by atoms with Gasteiger partial charge in [-0.25, -0.2) is 13.1 Å². The van der Waals surface area contributed by atoms with Crippen molar-refractivity contribution in [3.05, 3.63) is 34.4 Å². The fourth-order valence-corrected chi connectivity index (χ4v) is 4.38. The second-order valence-electron chi connectivity index (χ2n) is 7.01. The van der Waals surface area contributed by atoms with E-state index in [9.17, 15) is 23.3 Å². The van der Waals surface area contributed by atoms with Crippen LogP contribution in [0.25, 0.3) is 0 Å². The van der Waals surface area contributed by atoms with E-state index in [4.69, 9.17) is 5.73 Å². The molecule has 11 nitrogen and oxygen atoms in total. The molecular formula is C18H29IN6O5S. The predicted molar refractivity (Wildman–Crippen MR) is 128 cm³/mol. The topological polar surface area (TPSA) is 160 Å². The van der Waals surface area contributed by atoms with Crippen LogP contribution in [0.2, 0.25) is 0 Å². The summed E-state index contributed by atoms with van der Waals surface area (Å²) in [5.41, 5.74) is 5.02. The van der Waals surface area contributed by atoms with Gasteiger partial charge in [-0.1, -0.05) is 6.07 Å². The van der Waals surface area contributed by atoms with E-state index >= 15 is 0 Å². The van der Waals surface area contributed by atoms with Crippen LogP contribution in [-0.2, 0) is 14.8 Å². The van der Waals surface area contributed by atoms with Gasteiger partial charge in [0.15, 0.2) is 5.96 Å². The zero-order valence-corrected chi connectivity index (χ0v) is 20.5. The summed E-state index contributed by atoms with van der Waals surface area (Å²) in [6, 6.07) is 4.88. The molecule has 31 heavy (non-hydrogen) atoms. The van der Waals surface area contributed by atoms with Gasteiger partial charge in [0.2, 0.25) is 15.9 Å². The standard InChI is InChI=1S/C18H28N6O5S.HI/c1-2-20-18(23-10-4-5-14(13-23)11-17(19)25)21-8-9-22-30(28,29)16-7-3-6-15(12-16)24(26)27;/h3,6-7,12,14,22H,2,4-5,8-11,13H2,1H3,(H2,19,25)(H,20,21);1H. The minimum absolute atomic E-state index is 0. The van der Waals surface area contributed by atoms with Gasteiger partial charge in [-0.2, -0.15) is 0 Å². The number of likely N-dealkylation sites (tertiary alicyclic amines) is 1. The van der Waals surface area contributed by atoms with E-state index in [0.29, 0.717) is 25.5 Å². The molecule has 13 heteroatoms. The molecule has 0 spiro atoms. The molecule has 1 atom stereocenters. The summed E-state index contributed by atoms with van der Waals surface area (Å²) in [5.74, 6) is 0.507. The molecule has 1 amide bonds. The molecule has 0 bridgehead atoms. The largest absolute Gasteiger partial charge is 0.370 e. The number of rotatable bonds is 9. The Kier molecular flexibility index (Phi) is 11.1. The number of halogens is 1. The molecule has 1 aromatic rings. The number of carbonyl (C=O) groups is 1. The second-order valence-corrected chi connectivity index (χ2v) is 8.78. The van der Waals surface area contributed by atoms with E-state index in [1.165, 1.54) is 18.2 Å². The van der Waals surface area contributed by atoms with Crippen molar-refractivity contribution in [2.45, 2.75) is 31.1 Å². The van der Waals surface area contributed by atoms with Crippen LogP contribution in [0.1, 0.15) is 26.2 Å². The van der Waals surface area contributed by atoms with E-state index in [1.807, 2.05) is 6.92 Å². The number of carbonyl (C=O) groups excluding carboxylic acids is 1. The van der Waals surface area contributed by atoms with E-state index in [-0.39, 0.29) is 59.5 Å². The van der Waals surface area contributed by atoms with E-state index in [0.717, 1.165) is 25.5 Å². The van der Waals surface area contributed by atoms with E-state index < -0.39 is 14.9 Å². The lowest BCUT2D eigenvalue weighted by Crippen LogP contribution is -2.47. The predicted octanol–water partition coefficient (Wildman–Crippen LogP) is 1.04. The number of non-ortho nitro benzene ring substituents is 1. The molecule has 1 heterocycles. The van der Waals surface area contributed by atoms with E-state index in [1.54, 1.807) is 0 Å². The number of piperidine rings is 1. The number of guanidine groups is 1. The molecule has 1 aliphatic heterocycles. The highest BCUT2D eigenvalue weighted by Crippen LogP contribution is 2.19. The summed E-state index contributed by atoms with van der Waals surface area (Å²) in [7, 11) is -3.88. The summed E-state index contributed by atoms with van der Waals surface area (Å²) in [5, 5.41) is 14.0. The number of benzene rings is 1. The van der Waals surface area contributed by atoms with Crippen molar-refractivity contribution in [3.63, 3.8) is 0 Å². The number of sulfonamides is 1. The first-order valence-corrected chi connectivity index (χ1v) is 11.3. The summed E-state index contributed by atoms with van der Waals surface area (Å²) in [6.45, 7) is 4.27. The molecule has 0 aromatic heterocycles. The van der Waals surface area contributed by atoms with Crippen molar-refractivity contribution in [2.24, 2.45) is 16.6 Å². The molecule has 2 rings (SSSR count). The third kappa shape index (κ3) is 8.57. The molecule has 1 fully saturated rings. The van der Waals surface area contributed by atoms with Gasteiger partial charge in [-0.3, -0.25) is 19.9 Å². The Morgan fingerprint density at radius 1 is 1.42 bits per heavy atom. The number of primary amides is 1. The van der Waals surface area contributed by atoms with Crippen LogP contribution in [-0.4, -0.2) is 62.8 Å². The Labute approximate surface area is 199 Å². The summed E-state index contributed by atoms with van der Waals surface area (Å²) in [4.78, 5) is 27.8. The number of amides is 1. The zero-order valence-electron chi connectivity index (χ0n) is 17.3. The Bertz CT molecular complexity index is 895. The molecular weight excluding hydrogens is 539 g/mol. The van der Waals surface area contributed by atoms with Crippen molar-refractivity contribution in [1.82, 2.24) is 14.9 Å². The molecule has 174 valence electrons. The van der Waals surface area contributed by atoms with Crippen LogP contribution < -0.4 is 15.8 Å². The molecule has 1 aromatic carbocycles. The van der Waals surface area contributed by atoms with Crippen molar-refractivity contribution >= 4 is 51.6 Å². The van der Waals surface area contributed by atoms with Crippen LogP contribution in [0.3, 0.4) is 0 Å². The molecule has 0 aliphatic carbocycles. The average Bonchev–Trinajstić information content (AvgIpc) is 2.70. The van der Waals surface area contributed by atoms with Crippen LogP contribution in [0.5, 0.6) is 0 Å². The lowest BCUT2D eigenvalue weighted by atomic mass is 9.95. The summed E-state index contributed by atoms with van der Waals surface area (Å²) >= 11 is 0. The number of nitrogens with two attached hydrogens (primary N) is 1. The van der Waals surface area contributed by atoms with Gasteiger partial charge < -0.3 is 16.0 Å². The maximum Gasteiger partial charge on any atom is 0.270 e. The zero-order chi connectivity index (χ0) is 22.1. The van der Waals surface area contributed by atoms with Gasteiger partial charge in [-0.05, 0) is 31.7 Å². The molecule has 1 aliphatic rings. The number of nitro benzene ring substituents is 1. The van der Waals surface area contributed by atoms with E-state index in [2.05, 4.69) is 19.9 Å². The molecule has 1 unspecified atom stereocenters. The monoisotopic (exact) mass is 568 g/mol. The fraction of sp³-hybridized carbons (Fsp3) is 0.556. The third-order valence-electron chi connectivity index (χ3n) is 4.65.